The van der Waals surface area contributed by atoms with Gasteiger partial charge in [0.05, 0.1) is 11.2 Å². The fourth-order valence-corrected chi connectivity index (χ4v) is 1.52. The van der Waals surface area contributed by atoms with E-state index < -0.39 is 0 Å². The molecule has 1 amide bonds. The van der Waals surface area contributed by atoms with Crippen LogP contribution in [0.15, 0.2) is 36.7 Å². The molecule has 0 radical (unpaired) electrons. The van der Waals surface area contributed by atoms with Gasteiger partial charge in [0.25, 0.3) is 5.91 Å². The van der Waals surface area contributed by atoms with Crippen LogP contribution >= 0.6 is 11.6 Å². The molecule has 1 aromatic heterocycles. The Labute approximate surface area is 109 Å². The lowest BCUT2D eigenvalue weighted by Crippen LogP contribution is -2.28. The molecule has 0 fully saturated rings. The minimum Gasteiger partial charge on any atom is -0.482 e. The summed E-state index contributed by atoms with van der Waals surface area (Å²) in [6.45, 7) is 0.350. The van der Waals surface area contributed by atoms with Crippen molar-refractivity contribution >= 4 is 17.5 Å². The molecule has 0 saturated heterocycles. The van der Waals surface area contributed by atoms with Gasteiger partial charge < -0.3 is 10.1 Å². The molecule has 18 heavy (non-hydrogen) atoms. The second-order valence-electron chi connectivity index (χ2n) is 3.60. The van der Waals surface area contributed by atoms with E-state index in [-0.39, 0.29) is 12.5 Å². The Bertz CT molecular complexity index is 514. The quantitative estimate of drug-likeness (QED) is 0.866. The van der Waals surface area contributed by atoms with Crippen LogP contribution in [0.5, 0.6) is 5.75 Å². The van der Waals surface area contributed by atoms with Gasteiger partial charge in [-0.3, -0.25) is 9.89 Å². The number of nitrogens with zero attached hydrogens (tertiary/aromatic N) is 1. The smallest absolute Gasteiger partial charge is 0.258 e. The van der Waals surface area contributed by atoms with Crippen molar-refractivity contribution in [2.75, 3.05) is 6.61 Å². The van der Waals surface area contributed by atoms with Gasteiger partial charge in [-0.05, 0) is 12.1 Å². The van der Waals surface area contributed by atoms with Crippen LogP contribution in [0.1, 0.15) is 5.56 Å². The number of aromatic amines is 1. The van der Waals surface area contributed by atoms with Crippen molar-refractivity contribution in [2.24, 2.45) is 0 Å². The molecule has 2 rings (SSSR count). The molecule has 5 nitrogen and oxygen atoms in total. The van der Waals surface area contributed by atoms with Crippen molar-refractivity contribution in [1.82, 2.24) is 15.5 Å². The summed E-state index contributed by atoms with van der Waals surface area (Å²) in [7, 11) is 0. The van der Waals surface area contributed by atoms with Gasteiger partial charge in [0.1, 0.15) is 5.75 Å². The van der Waals surface area contributed by atoms with E-state index in [9.17, 15) is 4.79 Å². The minimum absolute atomic E-state index is 0.0679. The van der Waals surface area contributed by atoms with Gasteiger partial charge >= 0.3 is 0 Å². The average molecular weight is 266 g/mol. The third-order valence-electron chi connectivity index (χ3n) is 2.24. The number of carbonyl (C=O) groups excluding carboxylic acids is 1. The highest BCUT2D eigenvalue weighted by atomic mass is 35.5. The molecular weight excluding hydrogens is 254 g/mol. The number of ether oxygens (including phenoxy) is 1. The topological polar surface area (TPSA) is 67.0 Å². The number of amides is 1. The van der Waals surface area contributed by atoms with Crippen molar-refractivity contribution in [3.8, 4) is 5.75 Å². The summed E-state index contributed by atoms with van der Waals surface area (Å²) < 4.78 is 5.30. The Hall–Kier alpha value is -2.01. The predicted octanol–water partition coefficient (Wildman–Crippen LogP) is 1.76. The third-order valence-corrected chi connectivity index (χ3v) is 2.55. The second kappa shape index (κ2) is 6.07. The fourth-order valence-electron chi connectivity index (χ4n) is 1.33. The number of nitrogens with one attached hydrogen (secondary N) is 2. The van der Waals surface area contributed by atoms with Crippen molar-refractivity contribution < 1.29 is 9.53 Å². The van der Waals surface area contributed by atoms with Crippen LogP contribution in [0.2, 0.25) is 5.02 Å². The largest absolute Gasteiger partial charge is 0.482 e. The van der Waals surface area contributed by atoms with E-state index in [0.29, 0.717) is 17.3 Å². The van der Waals surface area contributed by atoms with E-state index >= 15 is 0 Å². The van der Waals surface area contributed by atoms with Gasteiger partial charge in [0.15, 0.2) is 6.61 Å². The van der Waals surface area contributed by atoms with E-state index in [1.54, 1.807) is 36.7 Å². The van der Waals surface area contributed by atoms with E-state index in [4.69, 9.17) is 16.3 Å². The summed E-state index contributed by atoms with van der Waals surface area (Å²) in [6.07, 6.45) is 3.37. The lowest BCUT2D eigenvalue weighted by atomic mass is 10.3. The summed E-state index contributed by atoms with van der Waals surface area (Å²) in [5.74, 6) is 0.286. The lowest BCUT2D eigenvalue weighted by Gasteiger charge is -2.07. The number of hydrogen-bond acceptors (Lipinski definition) is 3. The van der Waals surface area contributed by atoms with Gasteiger partial charge in [0.2, 0.25) is 0 Å². The monoisotopic (exact) mass is 265 g/mol. The molecule has 1 heterocycles. The number of benzene rings is 1. The number of rotatable bonds is 5. The van der Waals surface area contributed by atoms with E-state index in [1.165, 1.54) is 0 Å². The highest BCUT2D eigenvalue weighted by Crippen LogP contribution is 2.22. The predicted molar refractivity (Wildman–Crippen MR) is 67.4 cm³/mol. The highest BCUT2D eigenvalue weighted by molar-refractivity contribution is 6.32. The number of H-pyrrole nitrogens is 1. The first-order valence-corrected chi connectivity index (χ1v) is 5.75. The van der Waals surface area contributed by atoms with Crippen LogP contribution in [0.25, 0.3) is 0 Å². The summed E-state index contributed by atoms with van der Waals surface area (Å²) in [5.41, 5.74) is 0.904. The van der Waals surface area contributed by atoms with Gasteiger partial charge in [-0.1, -0.05) is 23.7 Å². The van der Waals surface area contributed by atoms with Gasteiger partial charge in [-0.2, -0.15) is 5.10 Å². The number of carbonyl (C=O) groups is 1. The maximum atomic E-state index is 11.5. The molecule has 0 aliphatic heterocycles. The number of aromatic nitrogens is 2. The molecule has 0 spiro atoms. The van der Waals surface area contributed by atoms with Crippen molar-refractivity contribution in [1.29, 1.82) is 0 Å². The zero-order valence-electron chi connectivity index (χ0n) is 9.52. The van der Waals surface area contributed by atoms with Crippen LogP contribution in [0.4, 0.5) is 0 Å². The van der Waals surface area contributed by atoms with Gasteiger partial charge in [-0.25, -0.2) is 0 Å². The molecule has 0 aliphatic carbocycles. The Balaban J connectivity index is 1.77. The maximum Gasteiger partial charge on any atom is 0.258 e. The first-order chi connectivity index (χ1) is 8.75. The van der Waals surface area contributed by atoms with Crippen LogP contribution < -0.4 is 10.1 Å². The normalized spacial score (nSPS) is 10.1. The van der Waals surface area contributed by atoms with Gasteiger partial charge in [-0.15, -0.1) is 0 Å². The molecule has 94 valence electrons. The van der Waals surface area contributed by atoms with Gasteiger partial charge in [0, 0.05) is 18.3 Å². The summed E-state index contributed by atoms with van der Waals surface area (Å²) in [5, 5.41) is 9.64. The second-order valence-corrected chi connectivity index (χ2v) is 4.01. The number of hydrogen-bond donors (Lipinski definition) is 2. The summed E-state index contributed by atoms with van der Waals surface area (Å²) >= 11 is 5.90. The van der Waals surface area contributed by atoms with Crippen LogP contribution in [0.3, 0.4) is 0 Å². The van der Waals surface area contributed by atoms with E-state index in [2.05, 4.69) is 15.5 Å². The van der Waals surface area contributed by atoms with Crippen LogP contribution in [-0.2, 0) is 11.3 Å². The Morgan fingerprint density at radius 3 is 3.00 bits per heavy atom. The van der Waals surface area contributed by atoms with E-state index in [1.807, 2.05) is 0 Å². The molecule has 2 N–H and O–H groups in total. The fraction of sp³-hybridized carbons (Fsp3) is 0.167. The first-order valence-electron chi connectivity index (χ1n) is 5.37. The molecule has 0 aliphatic rings. The Kier molecular flexibility index (Phi) is 4.20. The molecule has 6 heteroatoms. The number of para-hydroxylation sites is 1. The summed E-state index contributed by atoms with van der Waals surface area (Å²) in [6, 6.07) is 7.02. The van der Waals surface area contributed by atoms with Crippen LogP contribution in [0, 0.1) is 0 Å². The SMILES string of the molecule is O=C(COc1ccccc1Cl)NCc1cn[nH]c1. The zero-order valence-corrected chi connectivity index (χ0v) is 10.3. The highest BCUT2D eigenvalue weighted by Gasteiger charge is 2.05. The standard InChI is InChI=1S/C12H12ClN3O2/c13-10-3-1-2-4-11(10)18-8-12(17)14-5-9-6-15-16-7-9/h1-4,6-7H,5,8H2,(H,14,17)(H,15,16). The minimum atomic E-state index is -0.212. The van der Waals surface area contributed by atoms with Crippen LogP contribution in [-0.4, -0.2) is 22.7 Å². The molecule has 0 saturated carbocycles. The molecule has 0 unspecified atom stereocenters. The molecule has 2 aromatic rings. The Morgan fingerprint density at radius 1 is 1.44 bits per heavy atom. The van der Waals surface area contributed by atoms with Crippen molar-refractivity contribution in [3.63, 3.8) is 0 Å². The average Bonchev–Trinajstić information content (AvgIpc) is 2.88. The molecular formula is C12H12ClN3O2. The third kappa shape index (κ3) is 3.49. The maximum absolute atomic E-state index is 11.5. The lowest BCUT2D eigenvalue weighted by molar-refractivity contribution is -0.123. The summed E-state index contributed by atoms with van der Waals surface area (Å²) in [4.78, 5) is 11.5. The zero-order chi connectivity index (χ0) is 12.8. The van der Waals surface area contributed by atoms with Crippen molar-refractivity contribution in [2.45, 2.75) is 6.54 Å². The first kappa shape index (κ1) is 12.4. The molecule has 0 atom stereocenters. The molecule has 0 bridgehead atoms. The Morgan fingerprint density at radius 2 is 2.28 bits per heavy atom. The number of halogens is 1. The van der Waals surface area contributed by atoms with E-state index in [0.717, 1.165) is 5.56 Å². The molecule has 1 aromatic carbocycles. The van der Waals surface area contributed by atoms with Crippen molar-refractivity contribution in [3.05, 3.63) is 47.2 Å².